The number of aliphatic imine (C=N–C) groups is 1. The first-order valence-electron chi connectivity index (χ1n) is 7.71. The molecule has 1 aliphatic heterocycles. The minimum Gasteiger partial charge on any atom is -0.304 e. The maximum absolute atomic E-state index is 12.2. The molecule has 1 atom stereocenters. The highest BCUT2D eigenvalue weighted by molar-refractivity contribution is 8.15. The van der Waals surface area contributed by atoms with Crippen LogP contribution in [0.15, 0.2) is 47.6 Å². The van der Waals surface area contributed by atoms with Crippen LogP contribution in [0.4, 0.5) is 5.82 Å². The number of amidine groups is 1. The molecule has 0 spiro atoms. The smallest absolute Gasteiger partial charge is 0.239 e. The fraction of sp³-hybridized carbons (Fsp3) is 0.278. The van der Waals surface area contributed by atoms with Crippen LogP contribution in [0.25, 0.3) is 0 Å². The molecule has 1 N–H and O–H groups in total. The molecule has 118 valence electrons. The summed E-state index contributed by atoms with van der Waals surface area (Å²) >= 11 is 1.48. The number of carbonyl (C=O) groups excluding carboxylic acids is 1. The van der Waals surface area contributed by atoms with Gasteiger partial charge in [-0.3, -0.25) is 4.79 Å². The Balaban J connectivity index is 1.71. The van der Waals surface area contributed by atoms with E-state index in [1.165, 1.54) is 22.9 Å². The van der Waals surface area contributed by atoms with Crippen molar-refractivity contribution in [1.82, 2.24) is 10.3 Å². The molecule has 0 bridgehead atoms. The number of aromatic nitrogens is 1. The summed E-state index contributed by atoms with van der Waals surface area (Å²) in [7, 11) is 0. The van der Waals surface area contributed by atoms with Crippen LogP contribution in [0, 0.1) is 6.92 Å². The van der Waals surface area contributed by atoms with Gasteiger partial charge in [-0.25, -0.2) is 9.98 Å². The Morgan fingerprint density at radius 1 is 1.22 bits per heavy atom. The standard InChI is InChI=1S/C18H19N3OS/c1-3-13-6-8-14(9-7-13)11-15-17(22)21-18(23-15)20-16-12(2)5-4-10-19-16/h4-10,15H,3,11H2,1-2H3,(H,19,20,21,22). The van der Waals surface area contributed by atoms with E-state index in [0.29, 0.717) is 17.4 Å². The van der Waals surface area contributed by atoms with E-state index < -0.39 is 0 Å². The quantitative estimate of drug-likeness (QED) is 0.937. The van der Waals surface area contributed by atoms with Gasteiger partial charge in [0.05, 0.1) is 5.25 Å². The second-order valence-corrected chi connectivity index (χ2v) is 6.72. The second kappa shape index (κ2) is 6.96. The highest BCUT2D eigenvalue weighted by Gasteiger charge is 2.30. The SMILES string of the molecule is CCc1ccc(CC2S/C(=N\c3ncccc3C)NC2=O)cc1. The number of pyridine rings is 1. The Morgan fingerprint density at radius 2 is 1.96 bits per heavy atom. The molecule has 1 fully saturated rings. The van der Waals surface area contributed by atoms with Gasteiger partial charge in [0.2, 0.25) is 5.91 Å². The molecule has 1 amide bonds. The van der Waals surface area contributed by atoms with E-state index in [1.54, 1.807) is 6.20 Å². The zero-order valence-electron chi connectivity index (χ0n) is 13.2. The molecular formula is C18H19N3OS. The Morgan fingerprint density at radius 3 is 2.65 bits per heavy atom. The molecule has 2 aromatic rings. The summed E-state index contributed by atoms with van der Waals surface area (Å²) in [4.78, 5) is 20.9. The fourth-order valence-corrected chi connectivity index (χ4v) is 3.42. The number of thioether (sulfide) groups is 1. The summed E-state index contributed by atoms with van der Waals surface area (Å²) < 4.78 is 0. The predicted molar refractivity (Wildman–Crippen MR) is 95.1 cm³/mol. The van der Waals surface area contributed by atoms with Crippen molar-refractivity contribution in [2.45, 2.75) is 31.9 Å². The van der Waals surface area contributed by atoms with Gasteiger partial charge in [-0.05, 0) is 42.5 Å². The van der Waals surface area contributed by atoms with Gasteiger partial charge in [0.25, 0.3) is 0 Å². The Bertz CT molecular complexity index is 740. The van der Waals surface area contributed by atoms with Crippen molar-refractivity contribution in [3.8, 4) is 0 Å². The molecule has 0 aliphatic carbocycles. The van der Waals surface area contributed by atoms with Gasteiger partial charge in [-0.15, -0.1) is 0 Å². The molecule has 2 heterocycles. The fourth-order valence-electron chi connectivity index (χ4n) is 2.41. The average molecular weight is 325 g/mol. The number of hydrogen-bond acceptors (Lipinski definition) is 4. The van der Waals surface area contributed by atoms with Crippen molar-refractivity contribution >= 4 is 28.7 Å². The summed E-state index contributed by atoms with van der Waals surface area (Å²) in [6, 6.07) is 12.3. The van der Waals surface area contributed by atoms with Crippen LogP contribution in [0.1, 0.15) is 23.6 Å². The molecule has 3 rings (SSSR count). The van der Waals surface area contributed by atoms with Crippen molar-refractivity contribution in [2.24, 2.45) is 4.99 Å². The normalized spacial score (nSPS) is 19.1. The maximum atomic E-state index is 12.2. The largest absolute Gasteiger partial charge is 0.304 e. The van der Waals surface area contributed by atoms with Crippen LogP contribution in [0.5, 0.6) is 0 Å². The van der Waals surface area contributed by atoms with Gasteiger partial charge in [0.15, 0.2) is 11.0 Å². The van der Waals surface area contributed by atoms with Crippen molar-refractivity contribution in [1.29, 1.82) is 0 Å². The minimum absolute atomic E-state index is 0.0157. The van der Waals surface area contributed by atoms with Gasteiger partial charge < -0.3 is 5.32 Å². The Kier molecular flexibility index (Phi) is 4.76. The molecule has 1 aliphatic rings. The monoisotopic (exact) mass is 325 g/mol. The first kappa shape index (κ1) is 15.7. The average Bonchev–Trinajstić information content (AvgIpc) is 2.90. The van der Waals surface area contributed by atoms with E-state index in [0.717, 1.165) is 12.0 Å². The van der Waals surface area contributed by atoms with Gasteiger partial charge in [0.1, 0.15) is 0 Å². The van der Waals surface area contributed by atoms with Gasteiger partial charge in [-0.1, -0.05) is 49.0 Å². The zero-order chi connectivity index (χ0) is 16.2. The van der Waals surface area contributed by atoms with Gasteiger partial charge in [-0.2, -0.15) is 0 Å². The van der Waals surface area contributed by atoms with Crippen LogP contribution < -0.4 is 5.32 Å². The van der Waals surface area contributed by atoms with Crippen molar-refractivity contribution in [3.05, 3.63) is 59.3 Å². The molecule has 4 nitrogen and oxygen atoms in total. The van der Waals surface area contributed by atoms with Crippen LogP contribution in [0.3, 0.4) is 0 Å². The van der Waals surface area contributed by atoms with E-state index >= 15 is 0 Å². The van der Waals surface area contributed by atoms with Crippen molar-refractivity contribution in [2.75, 3.05) is 0 Å². The number of carbonyl (C=O) groups is 1. The topological polar surface area (TPSA) is 54.4 Å². The summed E-state index contributed by atoms with van der Waals surface area (Å²) in [6.45, 7) is 4.10. The summed E-state index contributed by atoms with van der Waals surface area (Å²) in [5.41, 5.74) is 3.48. The number of aryl methyl sites for hydroxylation is 2. The maximum Gasteiger partial charge on any atom is 0.239 e. The van der Waals surface area contributed by atoms with E-state index in [-0.39, 0.29) is 11.2 Å². The Labute approximate surface area is 140 Å². The number of amides is 1. The molecular weight excluding hydrogens is 306 g/mol. The first-order valence-corrected chi connectivity index (χ1v) is 8.59. The molecule has 1 aromatic heterocycles. The predicted octanol–water partition coefficient (Wildman–Crippen LogP) is 3.41. The third kappa shape index (κ3) is 3.79. The van der Waals surface area contributed by atoms with Crippen molar-refractivity contribution in [3.63, 3.8) is 0 Å². The number of nitrogens with zero attached hydrogens (tertiary/aromatic N) is 2. The van der Waals surface area contributed by atoms with Crippen LogP contribution in [-0.2, 0) is 17.6 Å². The number of hydrogen-bond donors (Lipinski definition) is 1. The first-order chi connectivity index (χ1) is 11.2. The van der Waals surface area contributed by atoms with Crippen LogP contribution >= 0.6 is 11.8 Å². The zero-order valence-corrected chi connectivity index (χ0v) is 14.1. The lowest BCUT2D eigenvalue weighted by atomic mass is 10.1. The van der Waals surface area contributed by atoms with Crippen molar-refractivity contribution < 1.29 is 4.79 Å². The third-order valence-corrected chi connectivity index (χ3v) is 4.90. The van der Waals surface area contributed by atoms with Crippen LogP contribution in [-0.4, -0.2) is 21.3 Å². The van der Waals surface area contributed by atoms with E-state index in [9.17, 15) is 4.79 Å². The molecule has 1 saturated heterocycles. The second-order valence-electron chi connectivity index (χ2n) is 5.53. The lowest BCUT2D eigenvalue weighted by molar-refractivity contribution is -0.118. The number of nitrogens with one attached hydrogen (secondary N) is 1. The highest BCUT2D eigenvalue weighted by Crippen LogP contribution is 2.26. The summed E-state index contributed by atoms with van der Waals surface area (Å²) in [5, 5.41) is 3.35. The Hall–Kier alpha value is -2.14. The lowest BCUT2D eigenvalue weighted by Crippen LogP contribution is -2.26. The third-order valence-electron chi connectivity index (χ3n) is 3.82. The van der Waals surface area contributed by atoms with Crippen LogP contribution in [0.2, 0.25) is 0 Å². The molecule has 23 heavy (non-hydrogen) atoms. The van der Waals surface area contributed by atoms with E-state index in [4.69, 9.17) is 0 Å². The lowest BCUT2D eigenvalue weighted by Gasteiger charge is -2.06. The molecule has 1 unspecified atom stereocenters. The molecule has 0 radical (unpaired) electrons. The van der Waals surface area contributed by atoms with Gasteiger partial charge in [0, 0.05) is 6.20 Å². The summed E-state index contributed by atoms with van der Waals surface area (Å²) in [5.74, 6) is 0.671. The molecule has 0 saturated carbocycles. The number of benzene rings is 1. The molecule has 1 aromatic carbocycles. The number of rotatable bonds is 4. The minimum atomic E-state index is -0.134. The van der Waals surface area contributed by atoms with E-state index in [1.807, 2.05) is 19.1 Å². The highest BCUT2D eigenvalue weighted by atomic mass is 32.2. The van der Waals surface area contributed by atoms with E-state index in [2.05, 4.69) is 46.5 Å². The molecule has 5 heteroatoms. The van der Waals surface area contributed by atoms with Gasteiger partial charge >= 0.3 is 0 Å². The summed E-state index contributed by atoms with van der Waals surface area (Å²) in [6.07, 6.45) is 3.44.